The molecule has 0 radical (unpaired) electrons. The Balaban J connectivity index is 1.70. The molecule has 5 atom stereocenters. The van der Waals surface area contributed by atoms with Crippen LogP contribution in [0.15, 0.2) is 41.0 Å². The van der Waals surface area contributed by atoms with E-state index in [0.29, 0.717) is 30.4 Å². The zero-order valence-electron chi connectivity index (χ0n) is 19.2. The van der Waals surface area contributed by atoms with E-state index in [-0.39, 0.29) is 22.9 Å². The van der Waals surface area contributed by atoms with Gasteiger partial charge in [0.2, 0.25) is 0 Å². The van der Waals surface area contributed by atoms with E-state index in [1.807, 2.05) is 18.2 Å². The highest BCUT2D eigenvalue weighted by Gasteiger charge is 2.62. The molecule has 0 spiro atoms. The van der Waals surface area contributed by atoms with Gasteiger partial charge in [0.05, 0.1) is 5.69 Å². The molecule has 1 aromatic rings. The summed E-state index contributed by atoms with van der Waals surface area (Å²) in [7, 11) is 1.73. The first-order valence-corrected chi connectivity index (χ1v) is 11.9. The minimum absolute atomic E-state index is 0.0249. The summed E-state index contributed by atoms with van der Waals surface area (Å²) in [6.45, 7) is 4.00. The van der Waals surface area contributed by atoms with Crippen LogP contribution >= 0.6 is 0 Å². The van der Waals surface area contributed by atoms with Crippen LogP contribution in [0.2, 0.25) is 0 Å². The normalized spacial score (nSPS) is 35.8. The van der Waals surface area contributed by atoms with Crippen molar-refractivity contribution >= 4 is 11.5 Å². The Hall–Kier alpha value is -2.38. The number of carbonyl (C=O) groups excluding carboxylic acids is 1. The van der Waals surface area contributed by atoms with Gasteiger partial charge in [0.25, 0.3) is 0 Å². The zero-order valence-corrected chi connectivity index (χ0v) is 19.2. The Labute approximate surface area is 190 Å². The van der Waals surface area contributed by atoms with Gasteiger partial charge in [-0.25, -0.2) is 4.39 Å². The molecule has 32 heavy (non-hydrogen) atoms. The molecule has 0 heterocycles. The number of allylic oxidation sites excluding steroid dienone is 4. The number of aliphatic hydroxyl groups is 1. The number of rotatable bonds is 2. The van der Waals surface area contributed by atoms with Crippen molar-refractivity contribution in [2.45, 2.75) is 70.3 Å². The molecule has 2 fully saturated rings. The molecule has 0 saturated heterocycles. The lowest BCUT2D eigenvalue weighted by Crippen LogP contribution is -2.51. The monoisotopic (exact) mass is 433 g/mol. The number of carbonyl (C=O) groups is 1. The predicted octanol–water partition coefficient (Wildman–Crippen LogP) is 5.52. The van der Waals surface area contributed by atoms with Gasteiger partial charge in [0, 0.05) is 24.8 Å². The van der Waals surface area contributed by atoms with Crippen LogP contribution in [0.4, 0.5) is 10.1 Å². The number of nitrogens with one attached hydrogen (secondary N) is 1. The molecule has 0 amide bonds. The summed E-state index contributed by atoms with van der Waals surface area (Å²) < 4.78 is 14.8. The van der Waals surface area contributed by atoms with Crippen molar-refractivity contribution in [3.05, 3.63) is 52.4 Å². The Bertz CT molecular complexity index is 1110. The Kier molecular flexibility index (Phi) is 5.09. The van der Waals surface area contributed by atoms with Crippen LogP contribution in [0, 0.1) is 34.9 Å². The fourth-order valence-corrected chi connectivity index (χ4v) is 7.33. The largest absolute Gasteiger partial charge is 0.386 e. The lowest BCUT2D eigenvalue weighted by Gasteiger charge is -2.53. The maximum Gasteiger partial charge on any atom is 0.156 e. The second kappa shape index (κ2) is 7.59. The van der Waals surface area contributed by atoms with E-state index in [1.165, 1.54) is 16.7 Å². The van der Waals surface area contributed by atoms with E-state index in [2.05, 4.69) is 24.1 Å². The van der Waals surface area contributed by atoms with E-state index in [9.17, 15) is 14.3 Å². The maximum absolute atomic E-state index is 14.8. The van der Waals surface area contributed by atoms with E-state index in [0.717, 1.165) is 37.7 Å². The van der Waals surface area contributed by atoms with Crippen LogP contribution in [0.25, 0.3) is 0 Å². The van der Waals surface area contributed by atoms with Crippen molar-refractivity contribution in [1.29, 1.82) is 0 Å². The fraction of sp³-hybridized carbons (Fsp3) is 0.536. The van der Waals surface area contributed by atoms with Gasteiger partial charge in [0.15, 0.2) is 5.78 Å². The van der Waals surface area contributed by atoms with E-state index in [1.54, 1.807) is 20.0 Å². The number of ketones is 1. The Morgan fingerprint density at radius 3 is 2.75 bits per heavy atom. The van der Waals surface area contributed by atoms with Crippen molar-refractivity contribution in [3.8, 4) is 11.8 Å². The molecule has 5 rings (SSSR count). The van der Waals surface area contributed by atoms with Crippen molar-refractivity contribution < 1.29 is 14.3 Å². The van der Waals surface area contributed by atoms with Crippen LogP contribution in [0.5, 0.6) is 0 Å². The number of anilines is 1. The number of hydrogen-bond acceptors (Lipinski definition) is 3. The van der Waals surface area contributed by atoms with Crippen LogP contribution in [0.1, 0.15) is 70.3 Å². The first-order valence-electron chi connectivity index (χ1n) is 11.9. The van der Waals surface area contributed by atoms with Gasteiger partial charge in [-0.3, -0.25) is 4.79 Å². The molecule has 0 aliphatic heterocycles. The van der Waals surface area contributed by atoms with Gasteiger partial charge < -0.3 is 10.4 Å². The fourth-order valence-electron chi connectivity index (χ4n) is 7.33. The molecule has 1 aromatic carbocycles. The SMILES string of the molecule is CC#C[C@]1(O)CC[C@H]2[C@@H]3CCC4=CC(=O)CCC4=C3[C@@H](c3ccc(NC)c(F)c3)C[C@@]21C. The summed E-state index contributed by atoms with van der Waals surface area (Å²) >= 11 is 0. The van der Waals surface area contributed by atoms with Gasteiger partial charge >= 0.3 is 0 Å². The third-order valence-electron chi connectivity index (χ3n) is 8.88. The molecule has 4 aliphatic rings. The quantitative estimate of drug-likeness (QED) is 0.604. The van der Waals surface area contributed by atoms with E-state index >= 15 is 0 Å². The maximum atomic E-state index is 14.8. The molecular weight excluding hydrogens is 401 g/mol. The van der Waals surface area contributed by atoms with Crippen LogP contribution in [0.3, 0.4) is 0 Å². The van der Waals surface area contributed by atoms with Gasteiger partial charge in [-0.2, -0.15) is 0 Å². The molecule has 2 N–H and O–H groups in total. The van der Waals surface area contributed by atoms with Crippen LogP contribution in [-0.4, -0.2) is 23.5 Å². The van der Waals surface area contributed by atoms with E-state index in [4.69, 9.17) is 0 Å². The van der Waals surface area contributed by atoms with Crippen molar-refractivity contribution in [3.63, 3.8) is 0 Å². The highest BCUT2D eigenvalue weighted by atomic mass is 19.1. The molecule has 3 nitrogen and oxygen atoms in total. The minimum atomic E-state index is -1.01. The van der Waals surface area contributed by atoms with E-state index < -0.39 is 5.60 Å². The minimum Gasteiger partial charge on any atom is -0.386 e. The summed E-state index contributed by atoms with van der Waals surface area (Å²) in [5, 5.41) is 14.6. The highest BCUT2D eigenvalue weighted by Crippen LogP contribution is 2.66. The van der Waals surface area contributed by atoms with Gasteiger partial charge in [-0.15, -0.1) is 5.92 Å². The summed E-state index contributed by atoms with van der Waals surface area (Å²) in [5.41, 5.74) is 4.03. The lowest BCUT2D eigenvalue weighted by atomic mass is 9.51. The van der Waals surface area contributed by atoms with Crippen LogP contribution < -0.4 is 5.32 Å². The van der Waals surface area contributed by atoms with Gasteiger partial charge in [0.1, 0.15) is 11.4 Å². The second-order valence-corrected chi connectivity index (χ2v) is 10.3. The number of benzene rings is 1. The molecule has 0 unspecified atom stereocenters. The summed E-state index contributed by atoms with van der Waals surface area (Å²) in [6, 6.07) is 5.51. The van der Waals surface area contributed by atoms with Crippen LogP contribution in [-0.2, 0) is 4.79 Å². The molecule has 4 heteroatoms. The summed E-state index contributed by atoms with van der Waals surface area (Å²) in [4.78, 5) is 12.1. The van der Waals surface area contributed by atoms with Gasteiger partial charge in [-0.1, -0.05) is 24.5 Å². The molecule has 0 aromatic heterocycles. The zero-order chi connectivity index (χ0) is 22.7. The average molecular weight is 434 g/mol. The highest BCUT2D eigenvalue weighted by molar-refractivity contribution is 5.93. The summed E-state index contributed by atoms with van der Waals surface area (Å²) in [5.74, 6) is 6.85. The average Bonchev–Trinajstić information content (AvgIpc) is 3.03. The van der Waals surface area contributed by atoms with Crippen molar-refractivity contribution in [2.24, 2.45) is 17.3 Å². The van der Waals surface area contributed by atoms with Crippen molar-refractivity contribution in [1.82, 2.24) is 0 Å². The first kappa shape index (κ1) is 21.5. The first-order chi connectivity index (χ1) is 15.3. The van der Waals surface area contributed by atoms with Crippen molar-refractivity contribution in [2.75, 3.05) is 12.4 Å². The number of halogens is 1. The third-order valence-corrected chi connectivity index (χ3v) is 8.88. The summed E-state index contributed by atoms with van der Waals surface area (Å²) in [6.07, 6.45) is 7.49. The van der Waals surface area contributed by atoms with Gasteiger partial charge in [-0.05, 0) is 92.2 Å². The lowest BCUT2D eigenvalue weighted by molar-refractivity contribution is -0.114. The number of hydrogen-bond donors (Lipinski definition) is 2. The third kappa shape index (κ3) is 3.01. The molecule has 0 bridgehead atoms. The predicted molar refractivity (Wildman–Crippen MR) is 125 cm³/mol. The Morgan fingerprint density at radius 1 is 1.22 bits per heavy atom. The molecule has 168 valence electrons. The molecule has 2 saturated carbocycles. The number of fused-ring (bicyclic) bond motifs is 4. The molecule has 4 aliphatic carbocycles. The topological polar surface area (TPSA) is 49.3 Å². The molecular formula is C28H32FNO2. The Morgan fingerprint density at radius 2 is 2.03 bits per heavy atom. The second-order valence-electron chi connectivity index (χ2n) is 10.3. The smallest absolute Gasteiger partial charge is 0.156 e. The standard InChI is InChI=1S/C28H32FNO2/c1-4-12-28(32)13-11-23-21-8-5-17-14-19(31)7-9-20(17)26(21)22(16-27(23,28)2)18-6-10-25(30-3)24(29)15-18/h6,10,14-15,21-23,30,32H,5,7-9,11,13,16H2,1-3H3/t21-,22+,23-,27-,28-/m0/s1.